The zero-order valence-electron chi connectivity index (χ0n) is 7.55. The van der Waals surface area contributed by atoms with Gasteiger partial charge in [-0.15, -0.1) is 0 Å². The van der Waals surface area contributed by atoms with E-state index in [0.717, 1.165) is 24.3 Å². The van der Waals surface area contributed by atoms with E-state index in [1.165, 1.54) is 11.1 Å². The van der Waals surface area contributed by atoms with Gasteiger partial charge >= 0.3 is 0 Å². The molecule has 0 heterocycles. The van der Waals surface area contributed by atoms with Crippen LogP contribution in [-0.2, 0) is 6.42 Å². The lowest BCUT2D eigenvalue weighted by Gasteiger charge is -2.14. The minimum absolute atomic E-state index is 0.263. The fraction of sp³-hybridized carbons (Fsp3) is 0.333. The summed E-state index contributed by atoms with van der Waals surface area (Å²) in [7, 11) is 0. The molecule has 0 bridgehead atoms. The summed E-state index contributed by atoms with van der Waals surface area (Å²) in [4.78, 5) is 0. The number of rotatable bonds is 2. The fourth-order valence-electron chi connectivity index (χ4n) is 1.12. The number of hydrogen-bond acceptors (Lipinski definition) is 0. The van der Waals surface area contributed by atoms with Crippen molar-refractivity contribution in [3.8, 4) is 0 Å². The fourth-order valence-corrected chi connectivity index (χ4v) is 4.49. The van der Waals surface area contributed by atoms with Crippen LogP contribution in [0.15, 0.2) is 17.9 Å². The molecule has 6 heteroatoms. The van der Waals surface area contributed by atoms with Crippen molar-refractivity contribution in [2.45, 2.75) is 17.1 Å². The van der Waals surface area contributed by atoms with E-state index in [-0.39, 0.29) is 3.74 Å². The maximum Gasteiger partial charge on any atom is 0.0738 e. The molecule has 0 fully saturated rings. The number of alkyl halides is 2. The van der Waals surface area contributed by atoms with E-state index in [1.807, 2.05) is 0 Å². The molecule has 0 atom stereocenters. The van der Waals surface area contributed by atoms with Crippen molar-refractivity contribution >= 4 is 95.6 Å². The van der Waals surface area contributed by atoms with Gasteiger partial charge in [0.1, 0.15) is 0 Å². The second kappa shape index (κ2) is 6.32. The molecule has 0 aliphatic rings. The Morgan fingerprint density at radius 1 is 0.867 bits per heavy atom. The van der Waals surface area contributed by atoms with E-state index in [2.05, 4.69) is 103 Å². The molecule has 1 aromatic carbocycles. The van der Waals surface area contributed by atoms with Crippen LogP contribution in [0.25, 0.3) is 0 Å². The van der Waals surface area contributed by atoms with Gasteiger partial charge in [-0.25, -0.2) is 0 Å². The molecule has 15 heavy (non-hydrogen) atoms. The largest absolute Gasteiger partial charge is 0.0761 e. The van der Waals surface area contributed by atoms with E-state index in [4.69, 9.17) is 0 Å². The quantitative estimate of drug-likeness (QED) is 0.265. The molecular weight excluding hydrogens is 588 g/mol. The van der Waals surface area contributed by atoms with Gasteiger partial charge in [0.2, 0.25) is 0 Å². The van der Waals surface area contributed by atoms with Crippen LogP contribution in [0.2, 0.25) is 0 Å². The van der Waals surface area contributed by atoms with Crippen LogP contribution in [0.1, 0.15) is 11.1 Å². The zero-order chi connectivity index (χ0) is 11.7. The van der Waals surface area contributed by atoms with E-state index >= 15 is 0 Å². The minimum atomic E-state index is 0.263. The minimum Gasteiger partial charge on any atom is -0.0761 e. The van der Waals surface area contributed by atoms with Gasteiger partial charge < -0.3 is 0 Å². The van der Waals surface area contributed by atoms with E-state index in [0.29, 0.717) is 0 Å². The van der Waals surface area contributed by atoms with Crippen molar-refractivity contribution in [3.63, 3.8) is 0 Å². The van der Waals surface area contributed by atoms with Crippen LogP contribution in [0.4, 0.5) is 0 Å². The van der Waals surface area contributed by atoms with Crippen LogP contribution >= 0.6 is 95.6 Å². The molecular formula is C9H6Br6. The van der Waals surface area contributed by atoms with Gasteiger partial charge in [-0.2, -0.15) is 0 Å². The SMILES string of the molecule is Cc1c(Br)c(Br)c(CC(Br)Br)c(Br)c1Br. The van der Waals surface area contributed by atoms with Gasteiger partial charge in [-0.05, 0) is 88.2 Å². The Balaban J connectivity index is 3.39. The maximum absolute atomic E-state index is 3.61. The van der Waals surface area contributed by atoms with Crippen LogP contribution in [-0.4, -0.2) is 3.74 Å². The molecule has 0 aromatic heterocycles. The average molecular weight is 594 g/mol. The highest BCUT2D eigenvalue weighted by Gasteiger charge is 2.17. The molecule has 0 saturated carbocycles. The molecule has 0 aliphatic heterocycles. The average Bonchev–Trinajstić information content (AvgIpc) is 2.18. The maximum atomic E-state index is 3.61. The molecule has 0 amide bonds. The smallest absolute Gasteiger partial charge is 0.0738 e. The number of benzene rings is 1. The topological polar surface area (TPSA) is 0 Å². The molecule has 0 saturated heterocycles. The Morgan fingerprint density at radius 2 is 1.27 bits per heavy atom. The molecule has 0 nitrogen and oxygen atoms in total. The van der Waals surface area contributed by atoms with Crippen molar-refractivity contribution in [2.75, 3.05) is 0 Å². The van der Waals surface area contributed by atoms with Gasteiger partial charge in [-0.1, -0.05) is 31.9 Å². The monoisotopic (exact) mass is 588 g/mol. The molecule has 0 spiro atoms. The lowest BCUT2D eigenvalue weighted by atomic mass is 10.1. The Morgan fingerprint density at radius 3 is 1.60 bits per heavy atom. The second-order valence-corrected chi connectivity index (χ2v) is 9.57. The third-order valence-electron chi connectivity index (χ3n) is 1.93. The summed E-state index contributed by atoms with van der Waals surface area (Å²) in [6, 6.07) is 0. The van der Waals surface area contributed by atoms with Gasteiger partial charge in [0.05, 0.1) is 3.74 Å². The third kappa shape index (κ3) is 3.53. The molecule has 0 aliphatic carbocycles. The third-order valence-corrected chi connectivity index (χ3v) is 7.38. The van der Waals surface area contributed by atoms with Gasteiger partial charge in [-0.3, -0.25) is 0 Å². The lowest BCUT2D eigenvalue weighted by molar-refractivity contribution is 1.09. The van der Waals surface area contributed by atoms with Crippen molar-refractivity contribution < 1.29 is 0 Å². The summed E-state index contributed by atoms with van der Waals surface area (Å²) in [5.41, 5.74) is 2.40. The van der Waals surface area contributed by atoms with Gasteiger partial charge in [0, 0.05) is 17.9 Å². The molecule has 0 unspecified atom stereocenters. The van der Waals surface area contributed by atoms with Gasteiger partial charge in [0.25, 0.3) is 0 Å². The van der Waals surface area contributed by atoms with Crippen LogP contribution in [0, 0.1) is 6.92 Å². The Bertz CT molecular complexity index is 356. The van der Waals surface area contributed by atoms with E-state index in [9.17, 15) is 0 Å². The van der Waals surface area contributed by atoms with Crippen molar-refractivity contribution in [3.05, 3.63) is 29.0 Å². The normalized spacial score (nSPS) is 11.2. The molecule has 1 rings (SSSR count). The summed E-state index contributed by atoms with van der Waals surface area (Å²) < 4.78 is 4.64. The summed E-state index contributed by atoms with van der Waals surface area (Å²) in [5.74, 6) is 0. The number of hydrogen-bond donors (Lipinski definition) is 0. The first-order chi connectivity index (χ1) is 6.86. The lowest BCUT2D eigenvalue weighted by Crippen LogP contribution is -1.99. The van der Waals surface area contributed by atoms with Crippen molar-refractivity contribution in [1.29, 1.82) is 0 Å². The highest BCUT2D eigenvalue weighted by Crippen LogP contribution is 2.42. The van der Waals surface area contributed by atoms with Crippen LogP contribution in [0.3, 0.4) is 0 Å². The first kappa shape index (κ1) is 15.2. The van der Waals surface area contributed by atoms with Crippen molar-refractivity contribution in [1.82, 2.24) is 0 Å². The Kier molecular flexibility index (Phi) is 6.39. The number of halogens is 6. The molecule has 84 valence electrons. The highest BCUT2D eigenvalue weighted by molar-refractivity contribution is 9.24. The van der Waals surface area contributed by atoms with Crippen LogP contribution in [0.5, 0.6) is 0 Å². The Hall–Kier alpha value is 2.10. The first-order valence-corrected chi connectivity index (χ1v) is 8.96. The van der Waals surface area contributed by atoms with Crippen LogP contribution < -0.4 is 0 Å². The summed E-state index contributed by atoms with van der Waals surface area (Å²) >= 11 is 21.3. The molecule has 0 radical (unpaired) electrons. The summed E-state index contributed by atoms with van der Waals surface area (Å²) in [6.45, 7) is 2.06. The predicted octanol–water partition coefficient (Wildman–Crippen LogP) is 6.70. The first-order valence-electron chi connectivity index (χ1n) is 3.95. The predicted molar refractivity (Wildman–Crippen MR) is 87.3 cm³/mol. The second-order valence-electron chi connectivity index (χ2n) is 2.95. The highest BCUT2D eigenvalue weighted by atomic mass is 79.9. The van der Waals surface area contributed by atoms with E-state index in [1.54, 1.807) is 0 Å². The van der Waals surface area contributed by atoms with Gasteiger partial charge in [0.15, 0.2) is 0 Å². The van der Waals surface area contributed by atoms with E-state index < -0.39 is 0 Å². The Labute approximate surface area is 140 Å². The summed E-state index contributed by atoms with van der Waals surface area (Å²) in [6.07, 6.45) is 0.888. The molecule has 0 N–H and O–H groups in total. The standard InChI is InChI=1S/C9H6Br6/c1-3-6(12)8(14)4(2-5(10)11)9(15)7(3)13/h5H,2H2,1H3. The molecule has 1 aromatic rings. The summed E-state index contributed by atoms with van der Waals surface area (Å²) in [5, 5.41) is 0. The van der Waals surface area contributed by atoms with Crippen molar-refractivity contribution in [2.24, 2.45) is 0 Å². The zero-order valence-corrected chi connectivity index (χ0v) is 17.1.